The average molecular weight is 338 g/mol. The van der Waals surface area contributed by atoms with Gasteiger partial charge in [-0.25, -0.2) is 4.98 Å². The molecule has 0 unspecified atom stereocenters. The molecule has 25 heavy (non-hydrogen) atoms. The Morgan fingerprint density at radius 3 is 2.72 bits per heavy atom. The third-order valence-electron chi connectivity index (χ3n) is 4.51. The Bertz CT molecular complexity index is 712. The maximum absolute atomic E-state index is 12.7. The van der Waals surface area contributed by atoms with E-state index in [-0.39, 0.29) is 5.91 Å². The summed E-state index contributed by atoms with van der Waals surface area (Å²) in [5, 5.41) is 3.34. The van der Waals surface area contributed by atoms with Gasteiger partial charge in [0.15, 0.2) is 0 Å². The summed E-state index contributed by atoms with van der Waals surface area (Å²) in [5.74, 6) is 0.00802. The molecular weight excluding hydrogens is 312 g/mol. The van der Waals surface area contributed by atoms with Gasteiger partial charge in [0.25, 0.3) is 5.91 Å². The van der Waals surface area contributed by atoms with Crippen LogP contribution in [-0.2, 0) is 13.0 Å². The van der Waals surface area contributed by atoms with Crippen LogP contribution in [0.25, 0.3) is 0 Å². The largest absolute Gasteiger partial charge is 0.384 e. The monoisotopic (exact) mass is 338 g/mol. The van der Waals surface area contributed by atoms with Crippen LogP contribution in [-0.4, -0.2) is 54.4 Å². The van der Waals surface area contributed by atoms with Gasteiger partial charge in [-0.15, -0.1) is 0 Å². The van der Waals surface area contributed by atoms with Crippen molar-refractivity contribution in [3.05, 3.63) is 59.4 Å². The smallest absolute Gasteiger partial charge is 0.272 e. The standard InChI is InChI=1S/C20H26N4O/c1-23(2)12-5-11-21-18-8-9-19(22-14-18)20(25)24-13-10-16-6-3-4-7-17(16)15-24/h3-4,6-9,14,21H,5,10-13,15H2,1-2H3. The van der Waals surface area contributed by atoms with Gasteiger partial charge >= 0.3 is 0 Å². The van der Waals surface area contributed by atoms with E-state index in [1.165, 1.54) is 11.1 Å². The molecule has 1 N–H and O–H groups in total. The van der Waals surface area contributed by atoms with Gasteiger partial charge in [0, 0.05) is 19.6 Å². The fourth-order valence-electron chi connectivity index (χ4n) is 3.08. The van der Waals surface area contributed by atoms with Gasteiger partial charge < -0.3 is 15.1 Å². The lowest BCUT2D eigenvalue weighted by atomic mass is 10.00. The van der Waals surface area contributed by atoms with E-state index in [2.05, 4.69) is 47.5 Å². The van der Waals surface area contributed by atoms with E-state index >= 15 is 0 Å². The lowest BCUT2D eigenvalue weighted by molar-refractivity contribution is 0.0729. The normalized spacial score (nSPS) is 13.6. The van der Waals surface area contributed by atoms with E-state index in [9.17, 15) is 4.79 Å². The number of hydrogen-bond donors (Lipinski definition) is 1. The summed E-state index contributed by atoms with van der Waals surface area (Å²) >= 11 is 0. The predicted octanol–water partition coefficient (Wildman–Crippen LogP) is 2.64. The van der Waals surface area contributed by atoms with Gasteiger partial charge in [0.05, 0.1) is 11.9 Å². The van der Waals surface area contributed by atoms with E-state index in [0.717, 1.165) is 38.2 Å². The molecule has 0 radical (unpaired) electrons. The SMILES string of the molecule is CN(C)CCCNc1ccc(C(=O)N2CCc3ccccc3C2)nc1. The third kappa shape index (κ3) is 4.57. The summed E-state index contributed by atoms with van der Waals surface area (Å²) in [5.41, 5.74) is 4.05. The number of nitrogens with one attached hydrogen (secondary N) is 1. The van der Waals surface area contributed by atoms with Crippen molar-refractivity contribution in [2.24, 2.45) is 0 Å². The topological polar surface area (TPSA) is 48.5 Å². The number of rotatable bonds is 6. The average Bonchev–Trinajstić information content (AvgIpc) is 2.64. The van der Waals surface area contributed by atoms with Crippen molar-refractivity contribution in [2.75, 3.05) is 39.0 Å². The molecule has 5 heteroatoms. The number of carbonyl (C=O) groups is 1. The zero-order chi connectivity index (χ0) is 17.6. The van der Waals surface area contributed by atoms with Gasteiger partial charge in [0.2, 0.25) is 0 Å². The first kappa shape index (κ1) is 17.4. The molecule has 1 amide bonds. The number of fused-ring (bicyclic) bond motifs is 1. The molecule has 1 aliphatic rings. The minimum Gasteiger partial charge on any atom is -0.384 e. The summed E-state index contributed by atoms with van der Waals surface area (Å²) in [6, 6.07) is 12.1. The first-order chi connectivity index (χ1) is 12.1. The van der Waals surface area contributed by atoms with Crippen LogP contribution < -0.4 is 5.32 Å². The number of anilines is 1. The van der Waals surface area contributed by atoms with Gasteiger partial charge in [-0.2, -0.15) is 0 Å². The second kappa shape index (κ2) is 8.12. The minimum atomic E-state index is 0.00802. The van der Waals surface area contributed by atoms with Crippen molar-refractivity contribution in [2.45, 2.75) is 19.4 Å². The molecule has 0 saturated carbocycles. The van der Waals surface area contributed by atoms with E-state index < -0.39 is 0 Å². The van der Waals surface area contributed by atoms with Crippen LogP contribution in [0.15, 0.2) is 42.6 Å². The quantitative estimate of drug-likeness (QED) is 0.823. The van der Waals surface area contributed by atoms with Gasteiger partial charge in [-0.3, -0.25) is 4.79 Å². The van der Waals surface area contributed by atoms with Crippen molar-refractivity contribution < 1.29 is 4.79 Å². The lowest BCUT2D eigenvalue weighted by Crippen LogP contribution is -2.36. The van der Waals surface area contributed by atoms with Crippen molar-refractivity contribution in [1.29, 1.82) is 0 Å². The summed E-state index contributed by atoms with van der Waals surface area (Å²) in [6.45, 7) is 3.37. The molecule has 0 bridgehead atoms. The number of nitrogens with zero attached hydrogens (tertiary/aromatic N) is 3. The molecule has 1 aliphatic heterocycles. The van der Waals surface area contributed by atoms with E-state index in [1.54, 1.807) is 6.20 Å². The number of amides is 1. The maximum Gasteiger partial charge on any atom is 0.272 e. The molecule has 132 valence electrons. The number of aromatic nitrogens is 1. The molecule has 0 atom stereocenters. The molecule has 0 spiro atoms. The van der Waals surface area contributed by atoms with Crippen LogP contribution >= 0.6 is 0 Å². The second-order valence-electron chi connectivity index (χ2n) is 6.76. The van der Waals surface area contributed by atoms with Gasteiger partial charge in [0.1, 0.15) is 5.69 Å². The molecule has 2 heterocycles. The first-order valence-electron chi connectivity index (χ1n) is 8.84. The van der Waals surface area contributed by atoms with Gasteiger partial charge in [-0.05, 0) is 56.7 Å². The number of hydrogen-bond acceptors (Lipinski definition) is 4. The van der Waals surface area contributed by atoms with Crippen molar-refractivity contribution in [3.8, 4) is 0 Å². The summed E-state index contributed by atoms with van der Waals surface area (Å²) in [4.78, 5) is 21.1. The van der Waals surface area contributed by atoms with Crippen molar-refractivity contribution in [3.63, 3.8) is 0 Å². The Morgan fingerprint density at radius 1 is 1.20 bits per heavy atom. The summed E-state index contributed by atoms with van der Waals surface area (Å²) in [6.07, 6.45) is 3.73. The molecule has 5 nitrogen and oxygen atoms in total. The Morgan fingerprint density at radius 2 is 2.00 bits per heavy atom. The fraction of sp³-hybridized carbons (Fsp3) is 0.400. The number of pyridine rings is 1. The van der Waals surface area contributed by atoms with Crippen LogP contribution in [0.4, 0.5) is 5.69 Å². The summed E-state index contributed by atoms with van der Waals surface area (Å²) in [7, 11) is 4.14. The predicted molar refractivity (Wildman–Crippen MR) is 101 cm³/mol. The van der Waals surface area contributed by atoms with E-state index in [0.29, 0.717) is 12.2 Å². The molecule has 0 aliphatic carbocycles. The van der Waals surface area contributed by atoms with Crippen LogP contribution in [0, 0.1) is 0 Å². The maximum atomic E-state index is 12.7. The van der Waals surface area contributed by atoms with Crippen LogP contribution in [0.3, 0.4) is 0 Å². The van der Waals surface area contributed by atoms with Crippen molar-refractivity contribution >= 4 is 11.6 Å². The van der Waals surface area contributed by atoms with E-state index in [1.807, 2.05) is 23.1 Å². The Kier molecular flexibility index (Phi) is 5.66. The van der Waals surface area contributed by atoms with E-state index in [4.69, 9.17) is 0 Å². The lowest BCUT2D eigenvalue weighted by Gasteiger charge is -2.28. The summed E-state index contributed by atoms with van der Waals surface area (Å²) < 4.78 is 0. The Hall–Kier alpha value is -2.40. The Labute approximate surface area is 149 Å². The highest BCUT2D eigenvalue weighted by molar-refractivity contribution is 5.92. The number of benzene rings is 1. The molecule has 3 rings (SSSR count). The molecule has 0 fully saturated rings. The van der Waals surface area contributed by atoms with Crippen molar-refractivity contribution in [1.82, 2.24) is 14.8 Å². The highest BCUT2D eigenvalue weighted by atomic mass is 16.2. The molecule has 1 aromatic carbocycles. The van der Waals surface area contributed by atoms with Gasteiger partial charge in [-0.1, -0.05) is 24.3 Å². The highest BCUT2D eigenvalue weighted by Crippen LogP contribution is 2.20. The second-order valence-corrected chi connectivity index (χ2v) is 6.76. The van der Waals surface area contributed by atoms with Crippen LogP contribution in [0.5, 0.6) is 0 Å². The third-order valence-corrected chi connectivity index (χ3v) is 4.51. The minimum absolute atomic E-state index is 0.00802. The van der Waals surface area contributed by atoms with Crippen LogP contribution in [0.2, 0.25) is 0 Å². The zero-order valence-corrected chi connectivity index (χ0v) is 15.0. The number of carbonyl (C=O) groups excluding carboxylic acids is 1. The molecule has 2 aromatic rings. The molecule has 0 saturated heterocycles. The molecular formula is C20H26N4O. The fourth-order valence-corrected chi connectivity index (χ4v) is 3.08. The Balaban J connectivity index is 1.56. The molecule has 1 aromatic heterocycles. The first-order valence-corrected chi connectivity index (χ1v) is 8.84. The highest BCUT2D eigenvalue weighted by Gasteiger charge is 2.22. The van der Waals surface area contributed by atoms with Crippen LogP contribution in [0.1, 0.15) is 28.0 Å². The zero-order valence-electron chi connectivity index (χ0n) is 15.0.